The number of carbonyl (C=O) groups excluding carboxylic acids is 1. The molecule has 0 unspecified atom stereocenters. The number of ketones is 1. The molecular formula is C30H36FNO4. The van der Waals surface area contributed by atoms with Gasteiger partial charge in [-0.2, -0.15) is 0 Å². The van der Waals surface area contributed by atoms with Gasteiger partial charge >= 0.3 is 0 Å². The van der Waals surface area contributed by atoms with Crippen LogP contribution in [-0.4, -0.2) is 51.3 Å². The topological polar surface area (TPSA) is 82.4 Å². The van der Waals surface area contributed by atoms with E-state index >= 15 is 4.39 Å². The Hall–Kier alpha value is -2.15. The number of rotatable bonds is 4. The third-order valence-electron chi connectivity index (χ3n) is 10.3. The third-order valence-corrected chi connectivity index (χ3v) is 10.3. The summed E-state index contributed by atoms with van der Waals surface area (Å²) >= 11 is 0. The van der Waals surface area contributed by atoms with Gasteiger partial charge in [0.1, 0.15) is 12.2 Å². The maximum Gasteiger partial charge on any atom is 0.193 e. The molecule has 192 valence electrons. The van der Waals surface area contributed by atoms with Crippen molar-refractivity contribution in [2.75, 3.05) is 6.61 Å². The van der Waals surface area contributed by atoms with Gasteiger partial charge in [-0.05, 0) is 73.8 Å². The molecule has 2 N–H and O–H groups in total. The van der Waals surface area contributed by atoms with Crippen LogP contribution in [0.3, 0.4) is 0 Å². The lowest BCUT2D eigenvalue weighted by molar-refractivity contribution is -0.179. The van der Waals surface area contributed by atoms with Crippen LogP contribution in [0.1, 0.15) is 64.9 Å². The molecule has 1 spiro atoms. The summed E-state index contributed by atoms with van der Waals surface area (Å²) in [7, 11) is 0. The standard InChI is InChI=1S/C30H36FNO4/c1-17(2)19-5-8-21(9-6-19)32-22-11-12-27(4)20(14-22)7-10-23-24-13-18(3)30(26(35)16-33)28(24,36-30)15-25(34)29(23,27)31/h5-6,8-9,11-12,14,17-18,23-25,33-34H,7,10,13,15-16H2,1-4H3/b32-22+/t18-,23+,24+,25+,27+,28-,29+,30+/m1/s1. The lowest BCUT2D eigenvalue weighted by atomic mass is 9.48. The summed E-state index contributed by atoms with van der Waals surface area (Å²) in [4.78, 5) is 17.5. The molecule has 5 nitrogen and oxygen atoms in total. The molecule has 1 aliphatic heterocycles. The molecule has 1 aromatic rings. The number of hydrogen-bond donors (Lipinski definition) is 2. The summed E-state index contributed by atoms with van der Waals surface area (Å²) in [6, 6.07) is 8.20. The van der Waals surface area contributed by atoms with Gasteiger partial charge in [0.25, 0.3) is 0 Å². The predicted molar refractivity (Wildman–Crippen MR) is 136 cm³/mol. The first-order valence-corrected chi connectivity index (χ1v) is 13.3. The number of Topliss-reactive ketones (excluding diaryl/α,β-unsaturated/α-hetero) is 1. The van der Waals surface area contributed by atoms with Gasteiger partial charge in [-0.15, -0.1) is 0 Å². The van der Waals surface area contributed by atoms with Crippen LogP contribution >= 0.6 is 0 Å². The SMILES string of the molecule is CC(C)c1ccc(/N=C2\C=C[C@@]3(C)C(=C2)CC[C@H]2[C@@H]4C[C@@H](C)[C@@]5(C(=O)CO)O[C@]45C[C@H](O)[C@@]23F)cc1. The van der Waals surface area contributed by atoms with Crippen molar-refractivity contribution in [1.82, 2.24) is 0 Å². The van der Waals surface area contributed by atoms with Crippen LogP contribution in [0.5, 0.6) is 0 Å². The summed E-state index contributed by atoms with van der Waals surface area (Å²) in [6.45, 7) is 7.59. The zero-order chi connectivity index (χ0) is 25.7. The van der Waals surface area contributed by atoms with Crippen LogP contribution in [0, 0.1) is 23.2 Å². The van der Waals surface area contributed by atoms with Crippen LogP contribution in [0.25, 0.3) is 0 Å². The molecule has 6 heteroatoms. The van der Waals surface area contributed by atoms with E-state index in [1.54, 1.807) is 0 Å². The Bertz CT molecular complexity index is 1200. The number of benzene rings is 1. The number of aliphatic imine (C=N–C) groups is 1. The minimum absolute atomic E-state index is 0.0839. The number of ether oxygens (including phenoxy) is 1. The van der Waals surface area contributed by atoms with E-state index in [0.29, 0.717) is 25.2 Å². The second-order valence-corrected chi connectivity index (χ2v) is 12.2. The number of fused-ring (bicyclic) bond motifs is 4. The first-order valence-electron chi connectivity index (χ1n) is 13.3. The van der Waals surface area contributed by atoms with E-state index < -0.39 is 40.9 Å². The molecule has 1 saturated heterocycles. The fourth-order valence-electron chi connectivity index (χ4n) is 8.41. The Kier molecular flexibility index (Phi) is 5.17. The molecule has 0 aromatic heterocycles. The molecule has 1 heterocycles. The minimum Gasteiger partial charge on any atom is -0.390 e. The number of aliphatic hydroxyl groups is 2. The van der Waals surface area contributed by atoms with E-state index in [9.17, 15) is 15.0 Å². The van der Waals surface area contributed by atoms with Crippen LogP contribution < -0.4 is 0 Å². The summed E-state index contributed by atoms with van der Waals surface area (Å²) in [5.74, 6) is -0.564. The van der Waals surface area contributed by atoms with Gasteiger partial charge in [0.05, 0.1) is 17.5 Å². The van der Waals surface area contributed by atoms with Gasteiger partial charge in [0.15, 0.2) is 17.1 Å². The Morgan fingerprint density at radius 2 is 1.97 bits per heavy atom. The lowest BCUT2D eigenvalue weighted by Crippen LogP contribution is -2.66. The number of hydrogen-bond acceptors (Lipinski definition) is 5. The maximum atomic E-state index is 17.4. The lowest BCUT2D eigenvalue weighted by Gasteiger charge is -2.59. The number of nitrogens with zero attached hydrogens (tertiary/aromatic N) is 1. The van der Waals surface area contributed by atoms with Crippen molar-refractivity contribution < 1.29 is 24.1 Å². The second-order valence-electron chi connectivity index (χ2n) is 12.2. The quantitative estimate of drug-likeness (QED) is 0.579. The summed E-state index contributed by atoms with van der Waals surface area (Å²) in [5, 5.41) is 21.0. The number of allylic oxidation sites excluding steroid dienone is 4. The molecule has 0 amide bonds. The molecule has 0 radical (unpaired) electrons. The molecule has 6 rings (SSSR count). The smallest absolute Gasteiger partial charge is 0.193 e. The maximum absolute atomic E-state index is 17.4. The van der Waals surface area contributed by atoms with Gasteiger partial charge in [-0.25, -0.2) is 9.38 Å². The van der Waals surface area contributed by atoms with E-state index in [0.717, 1.165) is 17.0 Å². The predicted octanol–water partition coefficient (Wildman–Crippen LogP) is 4.99. The van der Waals surface area contributed by atoms with Crippen LogP contribution in [0.2, 0.25) is 0 Å². The molecule has 8 atom stereocenters. The van der Waals surface area contributed by atoms with E-state index in [2.05, 4.69) is 26.0 Å². The summed E-state index contributed by atoms with van der Waals surface area (Å²) in [6.07, 6.45) is 6.56. The van der Waals surface area contributed by atoms with E-state index in [-0.39, 0.29) is 24.0 Å². The highest BCUT2D eigenvalue weighted by atomic mass is 19.1. The second kappa shape index (κ2) is 7.68. The van der Waals surface area contributed by atoms with Crippen molar-refractivity contribution in [2.45, 2.75) is 82.3 Å². The van der Waals surface area contributed by atoms with E-state index in [1.807, 2.05) is 44.2 Å². The Labute approximate surface area is 212 Å². The third kappa shape index (κ3) is 2.81. The molecule has 0 bridgehead atoms. The number of aliphatic hydroxyl groups excluding tert-OH is 2. The molecule has 5 aliphatic rings. The zero-order valence-corrected chi connectivity index (χ0v) is 21.5. The average Bonchev–Trinajstić information content (AvgIpc) is 3.46. The van der Waals surface area contributed by atoms with Gasteiger partial charge in [-0.3, -0.25) is 4.79 Å². The van der Waals surface area contributed by atoms with Crippen molar-refractivity contribution in [1.29, 1.82) is 0 Å². The first kappa shape index (κ1) is 24.2. The van der Waals surface area contributed by atoms with Gasteiger partial charge in [0.2, 0.25) is 0 Å². The number of carbonyl (C=O) groups is 1. The highest BCUT2D eigenvalue weighted by Crippen LogP contribution is 2.76. The number of alkyl halides is 1. The van der Waals surface area contributed by atoms with Crippen molar-refractivity contribution in [3.8, 4) is 0 Å². The van der Waals surface area contributed by atoms with Crippen LogP contribution in [-0.2, 0) is 9.53 Å². The molecule has 4 aliphatic carbocycles. The van der Waals surface area contributed by atoms with Crippen LogP contribution in [0.4, 0.5) is 10.1 Å². The summed E-state index contributed by atoms with van der Waals surface area (Å²) < 4.78 is 23.5. The fourth-order valence-corrected chi connectivity index (χ4v) is 8.41. The monoisotopic (exact) mass is 493 g/mol. The normalized spacial score (nSPS) is 45.6. The molecule has 1 aromatic carbocycles. The molecule has 36 heavy (non-hydrogen) atoms. The fraction of sp³-hybridized carbons (Fsp3) is 0.600. The van der Waals surface area contributed by atoms with Crippen LogP contribution in [0.15, 0.2) is 53.1 Å². The first-order chi connectivity index (χ1) is 17.0. The zero-order valence-electron chi connectivity index (χ0n) is 21.5. The van der Waals surface area contributed by atoms with Gasteiger partial charge in [-0.1, -0.05) is 44.6 Å². The van der Waals surface area contributed by atoms with E-state index in [1.165, 1.54) is 5.56 Å². The van der Waals surface area contributed by atoms with Crippen molar-refractivity contribution in [3.63, 3.8) is 0 Å². The number of epoxide rings is 1. The van der Waals surface area contributed by atoms with Crippen molar-refractivity contribution >= 4 is 17.2 Å². The number of halogens is 1. The Morgan fingerprint density at radius 1 is 1.25 bits per heavy atom. The molecule has 4 fully saturated rings. The highest BCUT2D eigenvalue weighted by molar-refractivity contribution is 6.07. The Balaban J connectivity index is 1.33. The molecule has 3 saturated carbocycles. The highest BCUT2D eigenvalue weighted by Gasteiger charge is 2.87. The Morgan fingerprint density at radius 3 is 2.64 bits per heavy atom. The van der Waals surface area contributed by atoms with Gasteiger partial charge < -0.3 is 14.9 Å². The summed E-state index contributed by atoms with van der Waals surface area (Å²) in [5.41, 5.74) is -0.877. The van der Waals surface area contributed by atoms with Gasteiger partial charge in [0, 0.05) is 17.8 Å². The van der Waals surface area contributed by atoms with E-state index in [4.69, 9.17) is 9.73 Å². The van der Waals surface area contributed by atoms with Crippen molar-refractivity contribution in [3.05, 3.63) is 53.6 Å². The minimum atomic E-state index is -1.86. The average molecular weight is 494 g/mol. The largest absolute Gasteiger partial charge is 0.390 e. The van der Waals surface area contributed by atoms with Crippen molar-refractivity contribution in [2.24, 2.45) is 28.2 Å². The molecular weight excluding hydrogens is 457 g/mol.